The molecule has 1 aromatic carbocycles. The van der Waals surface area contributed by atoms with E-state index in [1.54, 1.807) is 37.7 Å². The van der Waals surface area contributed by atoms with Gasteiger partial charge < -0.3 is 5.32 Å². The molecule has 0 fully saturated rings. The Hall–Kier alpha value is -1.71. The van der Waals surface area contributed by atoms with Crippen LogP contribution in [0.3, 0.4) is 0 Å². The number of carbonyl (C=O) groups excluding carboxylic acids is 1. The van der Waals surface area contributed by atoms with Crippen molar-refractivity contribution in [3.05, 3.63) is 40.0 Å². The van der Waals surface area contributed by atoms with Crippen molar-refractivity contribution < 1.29 is 13.2 Å². The molecule has 1 aromatic heterocycles. The van der Waals surface area contributed by atoms with Gasteiger partial charge in [0.15, 0.2) is 0 Å². The third-order valence-electron chi connectivity index (χ3n) is 4.06. The molecule has 0 aliphatic heterocycles. The fraction of sp³-hybridized carbons (Fsp3) is 0.412. The molecule has 0 unspecified atom stereocenters. The van der Waals surface area contributed by atoms with Crippen LogP contribution in [0.2, 0.25) is 0 Å². The zero-order valence-corrected chi connectivity index (χ0v) is 17.7. The van der Waals surface area contributed by atoms with Crippen molar-refractivity contribution in [3.63, 3.8) is 0 Å². The first-order chi connectivity index (χ1) is 12.2. The summed E-state index contributed by atoms with van der Waals surface area (Å²) >= 11 is 3.33. The second kappa shape index (κ2) is 8.32. The molecule has 0 saturated heterocycles. The number of carbonyl (C=O) groups is 1. The van der Waals surface area contributed by atoms with Gasteiger partial charge in [0.1, 0.15) is 5.82 Å². The molecule has 1 heterocycles. The number of hydrogen-bond donors (Lipinski definition) is 1. The second-order valence-corrected chi connectivity index (χ2v) is 8.48. The van der Waals surface area contributed by atoms with Crippen molar-refractivity contribution >= 4 is 37.7 Å². The van der Waals surface area contributed by atoms with E-state index in [-0.39, 0.29) is 10.5 Å². The summed E-state index contributed by atoms with van der Waals surface area (Å²) in [6, 6.07) is 6.26. The van der Waals surface area contributed by atoms with Gasteiger partial charge in [0.2, 0.25) is 10.0 Å². The van der Waals surface area contributed by atoms with Crippen molar-refractivity contribution in [2.45, 2.75) is 32.1 Å². The SMILES string of the molecule is CCc1cc(NC(=O)c2cc(S(=O)(=O)N(CC)CC)ccc2Br)n(C)n1. The molecule has 0 spiro atoms. The van der Waals surface area contributed by atoms with Crippen molar-refractivity contribution in [1.29, 1.82) is 0 Å². The zero-order valence-electron chi connectivity index (χ0n) is 15.3. The van der Waals surface area contributed by atoms with Crippen LogP contribution >= 0.6 is 15.9 Å². The second-order valence-electron chi connectivity index (χ2n) is 5.68. The molecular weight excluding hydrogens is 420 g/mol. The smallest absolute Gasteiger partial charge is 0.257 e. The Kier molecular flexibility index (Phi) is 6.59. The lowest BCUT2D eigenvalue weighted by molar-refractivity contribution is 0.102. The maximum Gasteiger partial charge on any atom is 0.257 e. The average molecular weight is 443 g/mol. The van der Waals surface area contributed by atoms with Gasteiger partial charge in [-0.2, -0.15) is 9.40 Å². The van der Waals surface area contributed by atoms with Gasteiger partial charge in [0.25, 0.3) is 5.91 Å². The molecule has 1 amide bonds. The van der Waals surface area contributed by atoms with Gasteiger partial charge in [-0.15, -0.1) is 0 Å². The van der Waals surface area contributed by atoms with Crippen LogP contribution in [0.4, 0.5) is 5.82 Å². The Morgan fingerprint density at radius 1 is 1.23 bits per heavy atom. The number of hydrogen-bond acceptors (Lipinski definition) is 4. The maximum absolute atomic E-state index is 12.7. The Morgan fingerprint density at radius 3 is 2.42 bits per heavy atom. The number of benzene rings is 1. The third-order valence-corrected chi connectivity index (χ3v) is 6.80. The number of anilines is 1. The molecule has 142 valence electrons. The van der Waals surface area contributed by atoms with E-state index in [2.05, 4.69) is 26.3 Å². The summed E-state index contributed by atoms with van der Waals surface area (Å²) < 4.78 is 28.9. The normalized spacial score (nSPS) is 11.8. The number of aromatic nitrogens is 2. The van der Waals surface area contributed by atoms with Gasteiger partial charge >= 0.3 is 0 Å². The molecule has 1 N–H and O–H groups in total. The highest BCUT2D eigenvalue weighted by Gasteiger charge is 2.24. The molecule has 26 heavy (non-hydrogen) atoms. The maximum atomic E-state index is 12.7. The van der Waals surface area contributed by atoms with E-state index in [1.165, 1.54) is 16.4 Å². The van der Waals surface area contributed by atoms with E-state index >= 15 is 0 Å². The van der Waals surface area contributed by atoms with Crippen LogP contribution in [0.15, 0.2) is 33.6 Å². The van der Waals surface area contributed by atoms with Gasteiger partial charge in [-0.25, -0.2) is 8.42 Å². The quantitative estimate of drug-likeness (QED) is 0.713. The van der Waals surface area contributed by atoms with Gasteiger partial charge in [0, 0.05) is 30.7 Å². The Balaban J connectivity index is 2.37. The summed E-state index contributed by atoms with van der Waals surface area (Å²) in [4.78, 5) is 12.8. The Morgan fingerprint density at radius 2 is 1.88 bits per heavy atom. The molecule has 7 nitrogen and oxygen atoms in total. The van der Waals surface area contributed by atoms with Crippen LogP contribution < -0.4 is 5.32 Å². The number of halogens is 1. The fourth-order valence-electron chi connectivity index (χ4n) is 2.55. The molecule has 0 bridgehead atoms. The molecule has 0 atom stereocenters. The minimum absolute atomic E-state index is 0.0915. The first-order valence-corrected chi connectivity index (χ1v) is 10.6. The van der Waals surface area contributed by atoms with E-state index in [0.29, 0.717) is 23.4 Å². The number of nitrogens with one attached hydrogen (secondary N) is 1. The molecule has 9 heteroatoms. The minimum atomic E-state index is -3.64. The van der Waals surface area contributed by atoms with Crippen molar-refractivity contribution in [2.24, 2.45) is 7.05 Å². The predicted molar refractivity (Wildman–Crippen MR) is 105 cm³/mol. The largest absolute Gasteiger partial charge is 0.307 e. The van der Waals surface area contributed by atoms with Gasteiger partial charge in [-0.05, 0) is 40.5 Å². The fourth-order valence-corrected chi connectivity index (χ4v) is 4.46. The van der Waals surface area contributed by atoms with Gasteiger partial charge in [-0.1, -0.05) is 20.8 Å². The van der Waals surface area contributed by atoms with Crippen molar-refractivity contribution in [3.8, 4) is 0 Å². The molecular formula is C17H23BrN4O3S. The average Bonchev–Trinajstić information content (AvgIpc) is 2.95. The molecule has 2 aromatic rings. The summed E-state index contributed by atoms with van der Waals surface area (Å²) in [6.45, 7) is 6.27. The summed E-state index contributed by atoms with van der Waals surface area (Å²) in [5, 5.41) is 7.07. The summed E-state index contributed by atoms with van der Waals surface area (Å²) in [7, 11) is -1.90. The number of aryl methyl sites for hydroxylation is 2. The highest BCUT2D eigenvalue weighted by atomic mass is 79.9. The number of sulfonamides is 1. The predicted octanol–water partition coefficient (Wildman–Crippen LogP) is 3.03. The van der Waals surface area contributed by atoms with E-state index in [1.807, 2.05) is 6.92 Å². The lowest BCUT2D eigenvalue weighted by Gasteiger charge is -2.19. The standard InChI is InChI=1S/C17H23BrN4O3S/c1-5-12-10-16(21(4)20-12)19-17(23)14-11-13(8-9-15(14)18)26(24,25)22(6-2)7-3/h8-11H,5-7H2,1-4H3,(H,19,23). The number of amides is 1. The van der Waals surface area contributed by atoms with Gasteiger partial charge in [-0.3, -0.25) is 9.48 Å². The number of rotatable bonds is 7. The Labute approximate surface area is 162 Å². The molecule has 0 radical (unpaired) electrons. The van der Waals surface area contributed by atoms with Crippen LogP contribution in [-0.4, -0.2) is 41.5 Å². The minimum Gasteiger partial charge on any atom is -0.307 e. The highest BCUT2D eigenvalue weighted by molar-refractivity contribution is 9.10. The van der Waals surface area contributed by atoms with Crippen LogP contribution in [0.5, 0.6) is 0 Å². The van der Waals surface area contributed by atoms with Crippen LogP contribution in [-0.2, 0) is 23.5 Å². The first kappa shape index (κ1) is 20.6. The number of nitrogens with zero attached hydrogens (tertiary/aromatic N) is 3. The monoisotopic (exact) mass is 442 g/mol. The molecule has 2 rings (SSSR count). The topological polar surface area (TPSA) is 84.3 Å². The van der Waals surface area contributed by atoms with Crippen LogP contribution in [0.1, 0.15) is 36.8 Å². The summed E-state index contributed by atoms with van der Waals surface area (Å²) in [6.07, 6.45) is 0.755. The Bertz CT molecular complexity index is 905. The first-order valence-electron chi connectivity index (χ1n) is 8.38. The lowest BCUT2D eigenvalue weighted by Crippen LogP contribution is -2.30. The lowest BCUT2D eigenvalue weighted by atomic mass is 10.2. The third kappa shape index (κ3) is 4.16. The summed E-state index contributed by atoms with van der Waals surface area (Å²) in [5.41, 5.74) is 1.11. The van der Waals surface area contributed by atoms with E-state index < -0.39 is 15.9 Å². The van der Waals surface area contributed by atoms with E-state index in [0.717, 1.165) is 12.1 Å². The highest BCUT2D eigenvalue weighted by Crippen LogP contribution is 2.24. The van der Waals surface area contributed by atoms with Crippen LogP contribution in [0, 0.1) is 0 Å². The van der Waals surface area contributed by atoms with E-state index in [4.69, 9.17) is 0 Å². The van der Waals surface area contributed by atoms with Gasteiger partial charge in [0.05, 0.1) is 16.2 Å². The molecule has 0 aliphatic rings. The molecule has 0 aliphatic carbocycles. The summed E-state index contributed by atoms with van der Waals surface area (Å²) in [5.74, 6) is 0.148. The van der Waals surface area contributed by atoms with E-state index in [9.17, 15) is 13.2 Å². The van der Waals surface area contributed by atoms with Crippen molar-refractivity contribution in [1.82, 2.24) is 14.1 Å². The van der Waals surface area contributed by atoms with Crippen LogP contribution in [0.25, 0.3) is 0 Å². The zero-order chi connectivity index (χ0) is 19.5. The van der Waals surface area contributed by atoms with Crippen molar-refractivity contribution in [2.75, 3.05) is 18.4 Å². The molecule has 0 saturated carbocycles.